The Balaban J connectivity index is 2.49. The number of carbonyl (C=O) groups excluding carboxylic acids is 1. The number of anilines is 1. The molecule has 0 aliphatic carbocycles. The fraction of sp³-hybridized carbons (Fsp3) is 0.471. The van der Waals surface area contributed by atoms with E-state index in [9.17, 15) is 4.79 Å². The van der Waals surface area contributed by atoms with Crippen molar-refractivity contribution in [1.82, 2.24) is 5.32 Å². The average Bonchev–Trinajstić information content (AvgIpc) is 2.42. The first-order valence-corrected chi connectivity index (χ1v) is 8.38. The average molecular weight is 367 g/mol. The minimum Gasteiger partial charge on any atom is -0.465 e. The van der Waals surface area contributed by atoms with Crippen LogP contribution in [0.4, 0.5) is 5.69 Å². The predicted molar refractivity (Wildman–Crippen MR) is 93.9 cm³/mol. The lowest BCUT2D eigenvalue weighted by Gasteiger charge is -2.34. The third-order valence-corrected chi connectivity index (χ3v) is 4.00. The van der Waals surface area contributed by atoms with Gasteiger partial charge in [0, 0.05) is 15.7 Å². The molecule has 0 saturated heterocycles. The van der Waals surface area contributed by atoms with Gasteiger partial charge in [-0.2, -0.15) is 0 Å². The molecule has 4 nitrogen and oxygen atoms in total. The molecule has 2 rings (SSSR count). The number of benzene rings is 1. The highest BCUT2D eigenvalue weighted by Crippen LogP contribution is 2.37. The molecule has 1 unspecified atom stereocenters. The second-order valence-corrected chi connectivity index (χ2v) is 6.79. The first-order valence-electron chi connectivity index (χ1n) is 7.59. The lowest BCUT2D eigenvalue weighted by atomic mass is 9.86. The van der Waals surface area contributed by atoms with E-state index in [1.807, 2.05) is 32.0 Å². The molecule has 120 valence electrons. The molecule has 1 aromatic rings. The fourth-order valence-electron chi connectivity index (χ4n) is 2.71. The van der Waals surface area contributed by atoms with Crippen molar-refractivity contribution in [3.63, 3.8) is 0 Å². The van der Waals surface area contributed by atoms with Crippen molar-refractivity contribution in [2.75, 3.05) is 18.5 Å². The van der Waals surface area contributed by atoms with Crippen LogP contribution in [0, 0.1) is 0 Å². The Hall–Kier alpha value is -1.33. The smallest absolute Gasteiger partial charge is 0.327 e. The molecule has 0 radical (unpaired) electrons. The number of rotatable bonds is 5. The summed E-state index contributed by atoms with van der Waals surface area (Å²) in [6.45, 7) is 9.06. The number of ether oxygens (including phenoxy) is 1. The number of nitrogens with one attached hydrogen (secondary N) is 2. The maximum Gasteiger partial charge on any atom is 0.327 e. The van der Waals surface area contributed by atoms with Crippen LogP contribution in [0.2, 0.25) is 0 Å². The van der Waals surface area contributed by atoms with Crippen LogP contribution in [0.25, 0.3) is 5.57 Å². The predicted octanol–water partition coefficient (Wildman–Crippen LogP) is 3.58. The summed E-state index contributed by atoms with van der Waals surface area (Å²) < 4.78 is 6.25. The number of likely N-dealkylation sites (N-methyl/N-ethyl adjacent to an activating group) is 1. The van der Waals surface area contributed by atoms with E-state index in [0.717, 1.165) is 21.3 Å². The van der Waals surface area contributed by atoms with Crippen molar-refractivity contribution in [3.05, 3.63) is 34.3 Å². The Morgan fingerprint density at radius 1 is 1.41 bits per heavy atom. The van der Waals surface area contributed by atoms with E-state index in [-0.39, 0.29) is 11.5 Å². The van der Waals surface area contributed by atoms with E-state index in [2.05, 4.69) is 46.5 Å². The number of halogens is 1. The van der Waals surface area contributed by atoms with Crippen LogP contribution < -0.4 is 10.6 Å². The molecule has 1 heterocycles. The Bertz CT molecular complexity index is 596. The summed E-state index contributed by atoms with van der Waals surface area (Å²) in [7, 11) is 0. The summed E-state index contributed by atoms with van der Waals surface area (Å²) in [5.41, 5.74) is 2.78. The number of carbonyl (C=O) groups is 1. The van der Waals surface area contributed by atoms with Gasteiger partial charge in [-0.15, -0.1) is 0 Å². The van der Waals surface area contributed by atoms with Gasteiger partial charge < -0.3 is 15.4 Å². The van der Waals surface area contributed by atoms with Gasteiger partial charge >= 0.3 is 5.97 Å². The van der Waals surface area contributed by atoms with E-state index in [1.165, 1.54) is 0 Å². The molecule has 0 fully saturated rings. The molecular formula is C17H23BrN2O2. The first kappa shape index (κ1) is 17.0. The van der Waals surface area contributed by atoms with Crippen molar-refractivity contribution < 1.29 is 9.53 Å². The quantitative estimate of drug-likeness (QED) is 0.782. The zero-order valence-corrected chi connectivity index (χ0v) is 15.1. The summed E-state index contributed by atoms with van der Waals surface area (Å²) in [5, 5.41) is 6.74. The fourth-order valence-corrected chi connectivity index (χ4v) is 3.07. The maximum atomic E-state index is 12.4. The van der Waals surface area contributed by atoms with Gasteiger partial charge in [-0.05, 0) is 45.0 Å². The Kier molecular flexibility index (Phi) is 5.29. The zero-order valence-electron chi connectivity index (χ0n) is 13.5. The van der Waals surface area contributed by atoms with E-state index >= 15 is 0 Å². The number of hydrogen-bond donors (Lipinski definition) is 2. The molecule has 1 atom stereocenters. The highest BCUT2D eigenvalue weighted by atomic mass is 79.9. The summed E-state index contributed by atoms with van der Waals surface area (Å²) in [6.07, 6.45) is 2.10. The molecule has 0 spiro atoms. The van der Waals surface area contributed by atoms with Crippen LogP contribution in [-0.4, -0.2) is 30.7 Å². The van der Waals surface area contributed by atoms with Gasteiger partial charge in [0.1, 0.15) is 6.04 Å². The lowest BCUT2D eigenvalue weighted by Crippen LogP contribution is -2.42. The standard InChI is InChI=1S/C17H23BrN2O2/c1-5-19-15(16(21)22-6-2)13-10-17(3,4)20-14-9-11(18)7-8-12(13)14/h7-10,15,19-20H,5-6H2,1-4H3. The van der Waals surface area contributed by atoms with Crippen LogP contribution >= 0.6 is 15.9 Å². The second-order valence-electron chi connectivity index (χ2n) is 5.88. The Morgan fingerprint density at radius 2 is 2.14 bits per heavy atom. The molecule has 5 heteroatoms. The molecule has 0 saturated carbocycles. The summed E-state index contributed by atoms with van der Waals surface area (Å²) in [4.78, 5) is 12.4. The van der Waals surface area contributed by atoms with Gasteiger partial charge in [0.2, 0.25) is 0 Å². The van der Waals surface area contributed by atoms with Crippen LogP contribution in [-0.2, 0) is 9.53 Å². The van der Waals surface area contributed by atoms with E-state index in [4.69, 9.17) is 4.74 Å². The third kappa shape index (κ3) is 3.70. The second kappa shape index (κ2) is 6.84. The Morgan fingerprint density at radius 3 is 2.77 bits per heavy atom. The molecule has 1 aromatic carbocycles. The minimum absolute atomic E-state index is 0.233. The van der Waals surface area contributed by atoms with Gasteiger partial charge in [-0.25, -0.2) is 4.79 Å². The van der Waals surface area contributed by atoms with Crippen molar-refractivity contribution in [3.8, 4) is 0 Å². The van der Waals surface area contributed by atoms with Gasteiger partial charge in [0.25, 0.3) is 0 Å². The first-order chi connectivity index (χ1) is 10.4. The summed E-state index contributed by atoms with van der Waals surface area (Å²) in [6, 6.07) is 5.60. The minimum atomic E-state index is -0.453. The highest BCUT2D eigenvalue weighted by molar-refractivity contribution is 9.10. The molecule has 0 amide bonds. The van der Waals surface area contributed by atoms with Gasteiger partial charge in [0.05, 0.1) is 12.1 Å². The molecule has 0 bridgehead atoms. The summed E-state index contributed by atoms with van der Waals surface area (Å²) in [5.74, 6) is -0.234. The number of esters is 1. The zero-order chi connectivity index (χ0) is 16.3. The highest BCUT2D eigenvalue weighted by Gasteiger charge is 2.32. The number of hydrogen-bond acceptors (Lipinski definition) is 4. The van der Waals surface area contributed by atoms with Crippen LogP contribution in [0.15, 0.2) is 28.7 Å². The lowest BCUT2D eigenvalue weighted by molar-refractivity contribution is -0.143. The van der Waals surface area contributed by atoms with E-state index in [0.29, 0.717) is 13.2 Å². The molecule has 1 aliphatic rings. The maximum absolute atomic E-state index is 12.4. The van der Waals surface area contributed by atoms with Crippen molar-refractivity contribution in [2.45, 2.75) is 39.3 Å². The van der Waals surface area contributed by atoms with E-state index < -0.39 is 6.04 Å². The SMILES string of the molecule is CCNC(C(=O)OCC)C1=CC(C)(C)Nc2cc(Br)ccc21. The van der Waals surface area contributed by atoms with Crippen LogP contribution in [0.3, 0.4) is 0 Å². The summed E-state index contributed by atoms with van der Waals surface area (Å²) >= 11 is 3.50. The van der Waals surface area contributed by atoms with Crippen molar-refractivity contribution in [2.24, 2.45) is 0 Å². The van der Waals surface area contributed by atoms with Crippen LogP contribution in [0.5, 0.6) is 0 Å². The van der Waals surface area contributed by atoms with Gasteiger partial charge in [0.15, 0.2) is 0 Å². The topological polar surface area (TPSA) is 50.4 Å². The molecule has 0 aromatic heterocycles. The number of fused-ring (bicyclic) bond motifs is 1. The van der Waals surface area contributed by atoms with Crippen molar-refractivity contribution in [1.29, 1.82) is 0 Å². The molecule has 2 N–H and O–H groups in total. The molecular weight excluding hydrogens is 344 g/mol. The van der Waals surface area contributed by atoms with Crippen LogP contribution in [0.1, 0.15) is 33.3 Å². The third-order valence-electron chi connectivity index (χ3n) is 3.51. The van der Waals surface area contributed by atoms with Gasteiger partial charge in [-0.1, -0.05) is 35.0 Å². The van der Waals surface area contributed by atoms with Crippen molar-refractivity contribution >= 4 is 33.2 Å². The Labute approximate surface area is 140 Å². The monoisotopic (exact) mass is 366 g/mol. The van der Waals surface area contributed by atoms with E-state index in [1.54, 1.807) is 0 Å². The largest absolute Gasteiger partial charge is 0.465 e. The van der Waals surface area contributed by atoms with Gasteiger partial charge in [-0.3, -0.25) is 0 Å². The molecule has 22 heavy (non-hydrogen) atoms. The normalized spacial score (nSPS) is 17.0. The molecule has 1 aliphatic heterocycles.